The molecule has 0 bridgehead atoms. The Morgan fingerprint density at radius 2 is 1.65 bits per heavy atom. The van der Waals surface area contributed by atoms with Crippen LogP contribution < -0.4 is 4.74 Å². The molecule has 2 aromatic carbocycles. The molecule has 2 nitrogen and oxygen atoms in total. The van der Waals surface area contributed by atoms with Crippen LogP contribution in [0.1, 0.15) is 5.69 Å². The van der Waals surface area contributed by atoms with Gasteiger partial charge in [-0.2, -0.15) is 13.2 Å². The van der Waals surface area contributed by atoms with Crippen molar-refractivity contribution in [1.29, 1.82) is 0 Å². The third-order valence-electron chi connectivity index (χ3n) is 3.18. The van der Waals surface area contributed by atoms with E-state index < -0.39 is 11.9 Å². The Labute approximate surface area is 112 Å². The maximum absolute atomic E-state index is 13.1. The van der Waals surface area contributed by atoms with Crippen LogP contribution in [0.15, 0.2) is 42.5 Å². The predicted molar refractivity (Wildman–Crippen MR) is 70.8 cm³/mol. The number of aromatic nitrogens is 1. The molecule has 3 rings (SSSR count). The molecule has 0 aliphatic heterocycles. The highest BCUT2D eigenvalue weighted by Crippen LogP contribution is 2.37. The quantitative estimate of drug-likeness (QED) is 0.614. The maximum Gasteiger partial charge on any atom is 0.433 e. The molecule has 0 N–H and O–H groups in total. The van der Waals surface area contributed by atoms with Crippen LogP contribution in [0.3, 0.4) is 0 Å². The lowest BCUT2D eigenvalue weighted by Gasteiger charge is -2.12. The summed E-state index contributed by atoms with van der Waals surface area (Å²) in [5, 5.41) is 1.32. The van der Waals surface area contributed by atoms with Gasteiger partial charge >= 0.3 is 6.18 Å². The first-order valence-electron chi connectivity index (χ1n) is 5.94. The number of ether oxygens (including phenoxy) is 1. The van der Waals surface area contributed by atoms with Gasteiger partial charge in [0, 0.05) is 16.8 Å². The number of nitrogens with zero attached hydrogens (tertiary/aromatic N) is 1. The number of halogens is 3. The Bertz CT molecular complexity index is 796. The Balaban J connectivity index is 2.48. The molecule has 1 heterocycles. The second-order valence-electron chi connectivity index (χ2n) is 4.39. The molecule has 0 unspecified atom stereocenters. The zero-order chi connectivity index (χ0) is 14.3. The van der Waals surface area contributed by atoms with Crippen molar-refractivity contribution in [3.63, 3.8) is 0 Å². The molecule has 5 heteroatoms. The summed E-state index contributed by atoms with van der Waals surface area (Å²) in [7, 11) is 1.47. The second-order valence-corrected chi connectivity index (χ2v) is 4.39. The minimum absolute atomic E-state index is 0.109. The molecule has 0 spiro atoms. The smallest absolute Gasteiger partial charge is 0.433 e. The Morgan fingerprint density at radius 3 is 2.30 bits per heavy atom. The summed E-state index contributed by atoms with van der Waals surface area (Å²) < 4.78 is 44.4. The van der Waals surface area contributed by atoms with Crippen LogP contribution in [0, 0.1) is 0 Å². The lowest BCUT2D eigenvalue weighted by Crippen LogP contribution is -2.09. The average Bonchev–Trinajstić information content (AvgIpc) is 2.44. The van der Waals surface area contributed by atoms with E-state index in [2.05, 4.69) is 4.98 Å². The van der Waals surface area contributed by atoms with E-state index in [9.17, 15) is 13.2 Å². The highest BCUT2D eigenvalue weighted by atomic mass is 19.4. The number of pyridine rings is 1. The molecular weight excluding hydrogens is 267 g/mol. The highest BCUT2D eigenvalue weighted by Gasteiger charge is 2.35. The Hall–Kier alpha value is -2.30. The van der Waals surface area contributed by atoms with Crippen molar-refractivity contribution in [2.45, 2.75) is 6.18 Å². The van der Waals surface area contributed by atoms with Crippen molar-refractivity contribution >= 4 is 21.7 Å². The third-order valence-corrected chi connectivity index (χ3v) is 3.18. The zero-order valence-electron chi connectivity index (χ0n) is 10.5. The fourth-order valence-electron chi connectivity index (χ4n) is 2.28. The van der Waals surface area contributed by atoms with E-state index in [1.54, 1.807) is 30.3 Å². The maximum atomic E-state index is 13.1. The van der Waals surface area contributed by atoms with E-state index in [4.69, 9.17) is 4.74 Å². The van der Waals surface area contributed by atoms with E-state index in [-0.39, 0.29) is 10.9 Å². The molecule has 0 fully saturated rings. The summed E-state index contributed by atoms with van der Waals surface area (Å²) in [6, 6.07) is 11.3. The first-order chi connectivity index (χ1) is 9.50. The van der Waals surface area contributed by atoms with E-state index in [1.165, 1.54) is 19.2 Å². The van der Waals surface area contributed by atoms with Crippen molar-refractivity contribution in [2.24, 2.45) is 0 Å². The molecule has 0 aliphatic rings. The molecular formula is C15H10F3NO. The van der Waals surface area contributed by atoms with Gasteiger partial charge in [-0.3, -0.25) is 0 Å². The fraction of sp³-hybridized carbons (Fsp3) is 0.133. The van der Waals surface area contributed by atoms with Gasteiger partial charge in [-0.1, -0.05) is 24.3 Å². The van der Waals surface area contributed by atoms with Gasteiger partial charge in [-0.05, 0) is 17.5 Å². The van der Waals surface area contributed by atoms with E-state index in [0.29, 0.717) is 16.5 Å². The van der Waals surface area contributed by atoms with Gasteiger partial charge in [0.05, 0.1) is 12.6 Å². The molecule has 0 saturated carbocycles. The van der Waals surface area contributed by atoms with Gasteiger partial charge in [0.2, 0.25) is 0 Å². The monoisotopic (exact) mass is 277 g/mol. The summed E-state index contributed by atoms with van der Waals surface area (Å²) in [5.41, 5.74) is -0.593. The molecule has 3 aromatic rings. The van der Waals surface area contributed by atoms with Crippen molar-refractivity contribution < 1.29 is 17.9 Å². The summed E-state index contributed by atoms with van der Waals surface area (Å²) in [6.07, 6.45) is -4.49. The number of methoxy groups -OCH3 is 1. The molecule has 0 atom stereocenters. The second kappa shape index (κ2) is 4.37. The number of alkyl halides is 3. The van der Waals surface area contributed by atoms with Gasteiger partial charge in [0.25, 0.3) is 0 Å². The van der Waals surface area contributed by atoms with E-state index >= 15 is 0 Å². The van der Waals surface area contributed by atoms with Crippen molar-refractivity contribution in [3.8, 4) is 5.75 Å². The van der Waals surface area contributed by atoms with Crippen LogP contribution in [0.4, 0.5) is 13.2 Å². The summed E-state index contributed by atoms with van der Waals surface area (Å²) >= 11 is 0. The number of rotatable bonds is 1. The first kappa shape index (κ1) is 12.7. The normalized spacial score (nSPS) is 12.0. The first-order valence-corrected chi connectivity index (χ1v) is 5.94. The van der Waals surface area contributed by atoms with Gasteiger partial charge in [0.1, 0.15) is 5.75 Å². The van der Waals surface area contributed by atoms with Gasteiger partial charge in [-0.25, -0.2) is 4.98 Å². The number of hydrogen-bond acceptors (Lipinski definition) is 2. The average molecular weight is 277 g/mol. The molecule has 20 heavy (non-hydrogen) atoms. The predicted octanol–water partition coefficient (Wildman–Crippen LogP) is 4.42. The summed E-state index contributed by atoms with van der Waals surface area (Å²) in [5.74, 6) is 0.480. The summed E-state index contributed by atoms with van der Waals surface area (Å²) in [6.45, 7) is 0. The number of fused-ring (bicyclic) bond motifs is 3. The molecule has 1 aromatic heterocycles. The molecule has 0 saturated heterocycles. The van der Waals surface area contributed by atoms with E-state index in [0.717, 1.165) is 0 Å². The van der Waals surface area contributed by atoms with Crippen molar-refractivity contribution in [1.82, 2.24) is 4.98 Å². The topological polar surface area (TPSA) is 22.1 Å². The van der Waals surface area contributed by atoms with Crippen LogP contribution in [-0.2, 0) is 6.18 Å². The molecule has 0 amide bonds. The molecule has 102 valence electrons. The lowest BCUT2D eigenvalue weighted by atomic mass is 10.0. The SMILES string of the molecule is COc1ccc2c(c1)nc(C(F)(F)F)c1ccccc12. The molecule has 0 radical (unpaired) electrons. The van der Waals surface area contributed by atoms with Gasteiger partial charge in [-0.15, -0.1) is 0 Å². The summed E-state index contributed by atoms with van der Waals surface area (Å²) in [4.78, 5) is 3.78. The van der Waals surface area contributed by atoms with Crippen LogP contribution in [0.5, 0.6) is 5.75 Å². The lowest BCUT2D eigenvalue weighted by molar-refractivity contribution is -0.139. The van der Waals surface area contributed by atoms with Crippen LogP contribution in [-0.4, -0.2) is 12.1 Å². The van der Waals surface area contributed by atoms with Gasteiger partial charge < -0.3 is 4.74 Å². The van der Waals surface area contributed by atoms with Crippen LogP contribution in [0.25, 0.3) is 21.7 Å². The van der Waals surface area contributed by atoms with Crippen LogP contribution >= 0.6 is 0 Å². The number of benzene rings is 2. The minimum atomic E-state index is -4.49. The Kier molecular flexibility index (Phi) is 2.78. The zero-order valence-corrected chi connectivity index (χ0v) is 10.5. The van der Waals surface area contributed by atoms with Crippen molar-refractivity contribution in [3.05, 3.63) is 48.2 Å². The fourth-order valence-corrected chi connectivity index (χ4v) is 2.28. The Morgan fingerprint density at radius 1 is 0.950 bits per heavy atom. The largest absolute Gasteiger partial charge is 0.497 e. The van der Waals surface area contributed by atoms with Gasteiger partial charge in [0.15, 0.2) is 5.69 Å². The minimum Gasteiger partial charge on any atom is -0.497 e. The standard InChI is InChI=1S/C15H10F3NO/c1-20-9-6-7-11-10-4-2-3-5-12(10)14(15(16,17)18)19-13(11)8-9/h2-8H,1H3. The molecule has 0 aliphatic carbocycles. The van der Waals surface area contributed by atoms with Crippen LogP contribution in [0.2, 0.25) is 0 Å². The number of hydrogen-bond donors (Lipinski definition) is 0. The van der Waals surface area contributed by atoms with E-state index in [1.807, 2.05) is 0 Å². The third kappa shape index (κ3) is 1.95. The highest BCUT2D eigenvalue weighted by molar-refractivity contribution is 6.07. The van der Waals surface area contributed by atoms with Crippen molar-refractivity contribution in [2.75, 3.05) is 7.11 Å².